The zero-order chi connectivity index (χ0) is 12.6. The Kier molecular flexibility index (Phi) is 2.62. The van der Waals surface area contributed by atoms with Gasteiger partial charge in [0.25, 0.3) is 5.91 Å². The highest BCUT2D eigenvalue weighted by Gasteiger charge is 2.42. The Morgan fingerprint density at radius 1 is 1.18 bits per heavy atom. The molecular formula is C14H15NO2. The van der Waals surface area contributed by atoms with Gasteiger partial charge in [-0.25, -0.2) is 0 Å². The van der Waals surface area contributed by atoms with Crippen LogP contribution in [0.25, 0.3) is 5.57 Å². The van der Waals surface area contributed by atoms with Gasteiger partial charge in [0.2, 0.25) is 5.91 Å². The largest absolute Gasteiger partial charge is 0.275 e. The molecule has 2 rings (SSSR count). The molecule has 0 unspecified atom stereocenters. The molecule has 0 atom stereocenters. The summed E-state index contributed by atoms with van der Waals surface area (Å²) in [5, 5.41) is 0. The summed E-state index contributed by atoms with van der Waals surface area (Å²) >= 11 is 0. The zero-order valence-corrected chi connectivity index (χ0v) is 10.2. The highest BCUT2D eigenvalue weighted by molar-refractivity contribution is 6.11. The lowest BCUT2D eigenvalue weighted by Gasteiger charge is -2.32. The van der Waals surface area contributed by atoms with Crippen molar-refractivity contribution in [2.75, 3.05) is 0 Å². The minimum Gasteiger partial charge on any atom is -0.275 e. The number of nitrogens with zero attached hydrogens (tertiary/aromatic N) is 1. The van der Waals surface area contributed by atoms with E-state index < -0.39 is 5.54 Å². The second-order valence-corrected chi connectivity index (χ2v) is 4.68. The van der Waals surface area contributed by atoms with Crippen LogP contribution < -0.4 is 0 Å². The van der Waals surface area contributed by atoms with Crippen molar-refractivity contribution in [3.05, 3.63) is 42.0 Å². The number of amides is 2. The molecule has 1 aromatic rings. The lowest BCUT2D eigenvalue weighted by Crippen LogP contribution is -2.45. The first-order valence-electron chi connectivity index (χ1n) is 5.57. The van der Waals surface area contributed by atoms with Gasteiger partial charge in [-0.15, -0.1) is 0 Å². The van der Waals surface area contributed by atoms with Gasteiger partial charge in [-0.1, -0.05) is 30.3 Å². The molecule has 0 aliphatic carbocycles. The summed E-state index contributed by atoms with van der Waals surface area (Å²) in [5.41, 5.74) is 1.29. The Morgan fingerprint density at radius 3 is 2.24 bits per heavy atom. The third-order valence-corrected chi connectivity index (χ3v) is 3.11. The molecule has 3 nitrogen and oxygen atoms in total. The molecule has 0 N–H and O–H groups in total. The molecule has 17 heavy (non-hydrogen) atoms. The van der Waals surface area contributed by atoms with Crippen LogP contribution in [0.3, 0.4) is 0 Å². The van der Waals surface area contributed by atoms with Gasteiger partial charge in [-0.2, -0.15) is 0 Å². The molecule has 1 heterocycles. The van der Waals surface area contributed by atoms with Crippen LogP contribution in [0.2, 0.25) is 0 Å². The van der Waals surface area contributed by atoms with Crippen molar-refractivity contribution in [1.82, 2.24) is 4.90 Å². The molecular weight excluding hydrogens is 214 g/mol. The molecule has 0 bridgehead atoms. The number of imide groups is 1. The molecule has 1 aliphatic heterocycles. The molecule has 88 valence electrons. The van der Waals surface area contributed by atoms with Crippen molar-refractivity contribution < 1.29 is 9.59 Å². The minimum absolute atomic E-state index is 0.220. The van der Waals surface area contributed by atoms with Gasteiger partial charge >= 0.3 is 0 Å². The van der Waals surface area contributed by atoms with Gasteiger partial charge in [0.15, 0.2) is 0 Å². The molecule has 3 heteroatoms. The minimum atomic E-state index is -0.579. The van der Waals surface area contributed by atoms with Crippen molar-refractivity contribution in [1.29, 1.82) is 0 Å². The Balaban J connectivity index is 2.48. The van der Waals surface area contributed by atoms with Crippen molar-refractivity contribution in [2.24, 2.45) is 0 Å². The lowest BCUT2D eigenvalue weighted by molar-refractivity contribution is -0.143. The maximum absolute atomic E-state index is 11.8. The van der Waals surface area contributed by atoms with Gasteiger partial charge < -0.3 is 0 Å². The van der Waals surface area contributed by atoms with E-state index in [4.69, 9.17) is 0 Å². The van der Waals surface area contributed by atoms with E-state index in [0.717, 1.165) is 11.1 Å². The number of carbonyl (C=O) groups is 2. The Labute approximate surface area is 101 Å². The number of hydrogen-bond donors (Lipinski definition) is 0. The van der Waals surface area contributed by atoms with Crippen LogP contribution in [0, 0.1) is 0 Å². The predicted molar refractivity (Wildman–Crippen MR) is 66.0 cm³/mol. The first kappa shape index (κ1) is 11.6. The van der Waals surface area contributed by atoms with Gasteiger partial charge in [0, 0.05) is 13.0 Å². The van der Waals surface area contributed by atoms with Crippen LogP contribution >= 0.6 is 0 Å². The fourth-order valence-electron chi connectivity index (χ4n) is 2.36. The number of carbonyl (C=O) groups excluding carboxylic acids is 2. The normalized spacial score (nSPS) is 18.2. The van der Waals surface area contributed by atoms with Gasteiger partial charge in [0.1, 0.15) is 0 Å². The van der Waals surface area contributed by atoms with Crippen LogP contribution in [-0.4, -0.2) is 22.3 Å². The lowest BCUT2D eigenvalue weighted by atomic mass is 9.89. The summed E-state index contributed by atoms with van der Waals surface area (Å²) < 4.78 is 0. The van der Waals surface area contributed by atoms with Gasteiger partial charge in [0.05, 0.1) is 5.54 Å². The van der Waals surface area contributed by atoms with Crippen LogP contribution in [0.4, 0.5) is 0 Å². The van der Waals surface area contributed by atoms with E-state index in [1.165, 1.54) is 11.8 Å². The molecule has 1 aromatic carbocycles. The van der Waals surface area contributed by atoms with E-state index in [2.05, 4.69) is 0 Å². The van der Waals surface area contributed by atoms with Gasteiger partial charge in [-0.3, -0.25) is 14.5 Å². The summed E-state index contributed by atoms with van der Waals surface area (Å²) in [6.45, 7) is 5.19. The predicted octanol–water partition coefficient (Wildman–Crippen LogP) is 2.24. The topological polar surface area (TPSA) is 37.4 Å². The quantitative estimate of drug-likeness (QED) is 0.740. The highest BCUT2D eigenvalue weighted by atomic mass is 16.2. The molecule has 0 saturated heterocycles. The van der Waals surface area contributed by atoms with E-state index in [-0.39, 0.29) is 11.8 Å². The first-order chi connectivity index (χ1) is 7.94. The zero-order valence-electron chi connectivity index (χ0n) is 10.2. The summed E-state index contributed by atoms with van der Waals surface area (Å²) in [4.78, 5) is 24.7. The third-order valence-electron chi connectivity index (χ3n) is 3.11. The summed E-state index contributed by atoms with van der Waals surface area (Å²) in [7, 11) is 0. The number of hydrogen-bond acceptors (Lipinski definition) is 2. The summed E-state index contributed by atoms with van der Waals surface area (Å²) in [5.74, 6) is -0.455. The van der Waals surface area contributed by atoms with E-state index in [1.54, 1.807) is 6.08 Å². The van der Waals surface area contributed by atoms with E-state index in [9.17, 15) is 9.59 Å². The monoisotopic (exact) mass is 229 g/mol. The third kappa shape index (κ3) is 1.78. The average Bonchev–Trinajstić information content (AvgIpc) is 2.49. The summed E-state index contributed by atoms with van der Waals surface area (Å²) in [6, 6.07) is 9.67. The highest BCUT2D eigenvalue weighted by Crippen LogP contribution is 2.37. The first-order valence-corrected chi connectivity index (χ1v) is 5.57. The van der Waals surface area contributed by atoms with Crippen molar-refractivity contribution in [3.8, 4) is 0 Å². The second-order valence-electron chi connectivity index (χ2n) is 4.68. The fourth-order valence-corrected chi connectivity index (χ4v) is 2.36. The summed E-state index contributed by atoms with van der Waals surface area (Å²) in [6.07, 6.45) is 1.55. The van der Waals surface area contributed by atoms with Crippen LogP contribution in [0.5, 0.6) is 0 Å². The van der Waals surface area contributed by atoms with Gasteiger partial charge in [-0.05, 0) is 25.0 Å². The van der Waals surface area contributed by atoms with Crippen LogP contribution in [0.1, 0.15) is 26.3 Å². The SMILES string of the molecule is CC(=O)N1C(=O)C=C(c2ccccc2)C1(C)C. The molecule has 0 radical (unpaired) electrons. The van der Waals surface area contributed by atoms with E-state index in [1.807, 2.05) is 44.2 Å². The molecule has 2 amide bonds. The van der Waals surface area contributed by atoms with Crippen LogP contribution in [-0.2, 0) is 9.59 Å². The Bertz CT molecular complexity index is 500. The molecule has 0 spiro atoms. The molecule has 0 aromatic heterocycles. The van der Waals surface area contributed by atoms with E-state index in [0.29, 0.717) is 0 Å². The molecule has 0 saturated carbocycles. The van der Waals surface area contributed by atoms with Crippen molar-refractivity contribution in [2.45, 2.75) is 26.3 Å². The van der Waals surface area contributed by atoms with Crippen molar-refractivity contribution >= 4 is 17.4 Å². The average molecular weight is 229 g/mol. The second kappa shape index (κ2) is 3.84. The number of rotatable bonds is 1. The fraction of sp³-hybridized carbons (Fsp3) is 0.286. The number of benzene rings is 1. The molecule has 1 aliphatic rings. The molecule has 0 fully saturated rings. The maximum Gasteiger partial charge on any atom is 0.254 e. The maximum atomic E-state index is 11.8. The van der Waals surface area contributed by atoms with Crippen LogP contribution in [0.15, 0.2) is 36.4 Å². The Morgan fingerprint density at radius 2 is 1.76 bits per heavy atom. The van der Waals surface area contributed by atoms with E-state index >= 15 is 0 Å². The standard InChI is InChI=1S/C14H15NO2/c1-10(16)15-13(17)9-12(14(15,2)3)11-7-5-4-6-8-11/h4-9H,1-3H3. The smallest absolute Gasteiger partial charge is 0.254 e. The van der Waals surface area contributed by atoms with Crippen molar-refractivity contribution in [3.63, 3.8) is 0 Å². The Hall–Kier alpha value is -1.90.